The summed E-state index contributed by atoms with van der Waals surface area (Å²) in [6.45, 7) is 3.72. The van der Waals surface area contributed by atoms with Gasteiger partial charge in [0, 0.05) is 12.8 Å². The SMILES string of the molecule is CCCCC/C=C\C/C=C\CCCCCCCC(=O)OC(COC(=O)CCCCCCCCCCCCCCC)COC1OC(CS(=O)(=O)O)C(O)C(O)C1O. The number of hydrogen-bond donors (Lipinski definition) is 4. The van der Waals surface area contributed by atoms with E-state index >= 15 is 0 Å². The van der Waals surface area contributed by atoms with Crippen LogP contribution in [0.3, 0.4) is 0 Å². The van der Waals surface area contributed by atoms with E-state index in [0.717, 1.165) is 64.2 Å². The normalized spacial score (nSPS) is 20.9. The maximum atomic E-state index is 12.8. The second-order valence-corrected chi connectivity index (χ2v) is 16.9. The van der Waals surface area contributed by atoms with Crippen LogP contribution in [-0.2, 0) is 38.7 Å². The van der Waals surface area contributed by atoms with Crippen molar-refractivity contribution in [3.05, 3.63) is 24.3 Å². The lowest BCUT2D eigenvalue weighted by Crippen LogP contribution is -2.60. The summed E-state index contributed by atoms with van der Waals surface area (Å²) < 4.78 is 54.0. The Bertz CT molecular complexity index is 1140. The van der Waals surface area contributed by atoms with Gasteiger partial charge in [-0.3, -0.25) is 14.1 Å². The van der Waals surface area contributed by atoms with Crippen molar-refractivity contribution in [3.63, 3.8) is 0 Å². The number of aliphatic hydroxyl groups is 3. The monoisotopic (exact) mass is 819 g/mol. The Labute approximate surface area is 338 Å². The number of esters is 2. The zero-order valence-corrected chi connectivity index (χ0v) is 35.6. The van der Waals surface area contributed by atoms with Crippen LogP contribution in [0.4, 0.5) is 0 Å². The standard InChI is InChI=1S/C43H78O12S/c1-3-5-7-9-11-13-15-17-18-20-22-24-26-28-30-32-39(45)54-36(34-53-43-42(48)41(47)40(46)37(55-43)35-56(49,50)51)33-52-38(44)31-29-27-25-23-21-19-16-14-12-10-8-6-4-2/h11,13,17-18,36-37,40-43,46-48H,3-10,12,14-16,19-35H2,1-2H3,(H,49,50,51)/b13-11-,18-17-. The van der Waals surface area contributed by atoms with Crippen molar-refractivity contribution in [1.29, 1.82) is 0 Å². The van der Waals surface area contributed by atoms with Crippen LogP contribution in [0.5, 0.6) is 0 Å². The molecule has 1 rings (SSSR count). The minimum Gasteiger partial charge on any atom is -0.462 e. The van der Waals surface area contributed by atoms with Gasteiger partial charge in [-0.1, -0.05) is 147 Å². The van der Waals surface area contributed by atoms with Crippen molar-refractivity contribution in [2.24, 2.45) is 0 Å². The first-order valence-electron chi connectivity index (χ1n) is 21.9. The largest absolute Gasteiger partial charge is 0.462 e. The van der Waals surface area contributed by atoms with Gasteiger partial charge < -0.3 is 34.3 Å². The molecule has 56 heavy (non-hydrogen) atoms. The van der Waals surface area contributed by atoms with E-state index < -0.39 is 71.2 Å². The van der Waals surface area contributed by atoms with E-state index in [1.165, 1.54) is 77.0 Å². The molecular weight excluding hydrogens is 741 g/mol. The van der Waals surface area contributed by atoms with Crippen molar-refractivity contribution in [2.45, 2.75) is 218 Å². The molecule has 0 bridgehead atoms. The van der Waals surface area contributed by atoms with Gasteiger partial charge in [0.05, 0.1) is 6.61 Å². The Balaban J connectivity index is 2.48. The van der Waals surface area contributed by atoms with Crippen molar-refractivity contribution in [3.8, 4) is 0 Å². The maximum absolute atomic E-state index is 12.8. The average Bonchev–Trinajstić information content (AvgIpc) is 3.16. The molecule has 1 aliphatic rings. The molecule has 0 aromatic heterocycles. The number of unbranched alkanes of at least 4 members (excludes halogenated alkanes) is 20. The number of aliphatic hydroxyl groups excluding tert-OH is 3. The number of rotatable bonds is 36. The predicted molar refractivity (Wildman–Crippen MR) is 220 cm³/mol. The van der Waals surface area contributed by atoms with E-state index in [1.807, 2.05) is 0 Å². The fraction of sp³-hybridized carbons (Fsp3) is 0.860. The minimum absolute atomic E-state index is 0.151. The molecule has 0 aliphatic carbocycles. The Hall–Kier alpha value is -1.87. The fourth-order valence-corrected chi connectivity index (χ4v) is 7.28. The zero-order valence-electron chi connectivity index (χ0n) is 34.7. The van der Waals surface area contributed by atoms with Gasteiger partial charge in [-0.25, -0.2) is 0 Å². The van der Waals surface area contributed by atoms with Crippen LogP contribution in [-0.4, -0.2) is 96.0 Å². The molecule has 0 amide bonds. The second-order valence-electron chi connectivity index (χ2n) is 15.4. The molecule has 0 aromatic rings. The van der Waals surface area contributed by atoms with Gasteiger partial charge in [-0.05, 0) is 44.9 Å². The summed E-state index contributed by atoms with van der Waals surface area (Å²) in [5, 5.41) is 30.8. The fourth-order valence-electron chi connectivity index (χ4n) is 6.59. The number of hydrogen-bond acceptors (Lipinski definition) is 11. The first kappa shape index (κ1) is 52.1. The molecule has 4 N–H and O–H groups in total. The average molecular weight is 819 g/mol. The lowest BCUT2D eigenvalue weighted by molar-refractivity contribution is -0.297. The van der Waals surface area contributed by atoms with Crippen molar-refractivity contribution < 1.29 is 56.8 Å². The Morgan fingerprint density at radius 3 is 1.61 bits per heavy atom. The molecule has 1 fully saturated rings. The van der Waals surface area contributed by atoms with Crippen LogP contribution in [0.25, 0.3) is 0 Å². The molecule has 6 unspecified atom stereocenters. The van der Waals surface area contributed by atoms with Crippen molar-refractivity contribution in [1.82, 2.24) is 0 Å². The molecule has 0 spiro atoms. The van der Waals surface area contributed by atoms with Gasteiger partial charge in [-0.2, -0.15) is 8.42 Å². The van der Waals surface area contributed by atoms with E-state index in [-0.39, 0.29) is 19.4 Å². The Kier molecular flexibility index (Phi) is 31.7. The molecule has 0 saturated carbocycles. The maximum Gasteiger partial charge on any atom is 0.306 e. The molecule has 6 atom stereocenters. The van der Waals surface area contributed by atoms with Gasteiger partial charge >= 0.3 is 11.9 Å². The second kappa shape index (κ2) is 34.0. The molecule has 1 aliphatic heterocycles. The van der Waals surface area contributed by atoms with Crippen LogP contribution in [0.15, 0.2) is 24.3 Å². The summed E-state index contributed by atoms with van der Waals surface area (Å²) in [6, 6.07) is 0. The minimum atomic E-state index is -4.60. The van der Waals surface area contributed by atoms with Gasteiger partial charge in [0.1, 0.15) is 36.8 Å². The highest BCUT2D eigenvalue weighted by Gasteiger charge is 2.46. The van der Waals surface area contributed by atoms with Crippen molar-refractivity contribution >= 4 is 22.1 Å². The topological polar surface area (TPSA) is 186 Å². The summed E-state index contributed by atoms with van der Waals surface area (Å²) in [5.74, 6) is -1.99. The summed E-state index contributed by atoms with van der Waals surface area (Å²) in [5.41, 5.74) is 0. The molecule has 1 heterocycles. The van der Waals surface area contributed by atoms with E-state index in [4.69, 9.17) is 18.9 Å². The lowest BCUT2D eigenvalue weighted by Gasteiger charge is -2.40. The highest BCUT2D eigenvalue weighted by atomic mass is 32.2. The van der Waals surface area contributed by atoms with Crippen LogP contribution in [0.1, 0.15) is 181 Å². The summed E-state index contributed by atoms with van der Waals surface area (Å²) in [4.78, 5) is 25.3. The third-order valence-corrected chi connectivity index (χ3v) is 10.8. The first-order chi connectivity index (χ1) is 27.0. The molecule has 13 heteroatoms. The number of carbonyl (C=O) groups is 2. The molecule has 0 aromatic carbocycles. The number of carbonyl (C=O) groups excluding carboxylic acids is 2. The first-order valence-corrected chi connectivity index (χ1v) is 23.5. The van der Waals surface area contributed by atoms with E-state index in [2.05, 4.69) is 38.2 Å². The van der Waals surface area contributed by atoms with Gasteiger partial charge in [0.15, 0.2) is 12.4 Å². The molecule has 12 nitrogen and oxygen atoms in total. The lowest BCUT2D eigenvalue weighted by atomic mass is 10.00. The summed E-state index contributed by atoms with van der Waals surface area (Å²) in [6.07, 6.45) is 26.5. The highest BCUT2D eigenvalue weighted by Crippen LogP contribution is 2.24. The smallest absolute Gasteiger partial charge is 0.306 e. The molecule has 328 valence electrons. The van der Waals surface area contributed by atoms with Crippen LogP contribution < -0.4 is 0 Å². The summed E-state index contributed by atoms with van der Waals surface area (Å²) in [7, 11) is -4.60. The van der Waals surface area contributed by atoms with E-state index in [1.54, 1.807) is 0 Å². The Morgan fingerprint density at radius 2 is 1.07 bits per heavy atom. The number of ether oxygens (including phenoxy) is 4. The van der Waals surface area contributed by atoms with Gasteiger partial charge in [0.25, 0.3) is 10.1 Å². The third-order valence-electron chi connectivity index (χ3n) is 10.0. The van der Waals surface area contributed by atoms with Crippen LogP contribution >= 0.6 is 0 Å². The molecule has 0 radical (unpaired) electrons. The van der Waals surface area contributed by atoms with Crippen LogP contribution in [0, 0.1) is 0 Å². The van der Waals surface area contributed by atoms with Gasteiger partial charge in [0.2, 0.25) is 0 Å². The third kappa shape index (κ3) is 28.5. The van der Waals surface area contributed by atoms with Gasteiger partial charge in [-0.15, -0.1) is 0 Å². The number of allylic oxidation sites excluding steroid dienone is 4. The Morgan fingerprint density at radius 1 is 0.607 bits per heavy atom. The molecular formula is C43H78O12S. The van der Waals surface area contributed by atoms with Crippen LogP contribution in [0.2, 0.25) is 0 Å². The quantitative estimate of drug-likeness (QED) is 0.0205. The van der Waals surface area contributed by atoms with Crippen molar-refractivity contribution in [2.75, 3.05) is 19.0 Å². The van der Waals surface area contributed by atoms with E-state index in [0.29, 0.717) is 12.8 Å². The predicted octanol–water partition coefficient (Wildman–Crippen LogP) is 8.45. The molecule has 1 saturated heterocycles. The highest BCUT2D eigenvalue weighted by molar-refractivity contribution is 7.85. The van der Waals surface area contributed by atoms with E-state index in [9.17, 15) is 37.9 Å². The zero-order chi connectivity index (χ0) is 41.3. The summed E-state index contributed by atoms with van der Waals surface area (Å²) >= 11 is 0.